The Morgan fingerprint density at radius 2 is 2.11 bits per heavy atom. The minimum Gasteiger partial charge on any atom is -0.480 e. The first-order valence-electron chi connectivity index (χ1n) is 9.45. The van der Waals surface area contributed by atoms with Crippen LogP contribution in [0.3, 0.4) is 0 Å². The lowest BCUT2D eigenvalue weighted by Gasteiger charge is -2.43. The third-order valence-corrected chi connectivity index (χ3v) is 8.20. The molecule has 8 nitrogen and oxygen atoms in total. The summed E-state index contributed by atoms with van der Waals surface area (Å²) >= 11 is 0. The fourth-order valence-electron chi connectivity index (χ4n) is 3.88. The van der Waals surface area contributed by atoms with Crippen molar-refractivity contribution in [2.24, 2.45) is 5.73 Å². The second kappa shape index (κ2) is 8.57. The number of nitrogens with two attached hydrogens (primary N) is 1. The molecule has 28 heavy (non-hydrogen) atoms. The number of carbonyl (C=O) groups is 1. The van der Waals surface area contributed by atoms with E-state index in [1.807, 2.05) is 35.2 Å². The lowest BCUT2D eigenvalue weighted by Crippen LogP contribution is -2.53. The molecule has 2 aromatic rings. The topological polar surface area (TPSA) is 133 Å². The Bertz CT molecular complexity index is 857. The summed E-state index contributed by atoms with van der Waals surface area (Å²) in [6.45, 7) is 1.37. The highest BCUT2D eigenvalue weighted by Crippen LogP contribution is 2.59. The van der Waals surface area contributed by atoms with Gasteiger partial charge < -0.3 is 15.7 Å². The second-order valence-corrected chi connectivity index (χ2v) is 10.0. The van der Waals surface area contributed by atoms with Crippen molar-refractivity contribution >= 4 is 13.3 Å². The van der Waals surface area contributed by atoms with Crippen molar-refractivity contribution in [3.8, 4) is 11.3 Å². The van der Waals surface area contributed by atoms with Gasteiger partial charge in [0.2, 0.25) is 7.37 Å². The summed E-state index contributed by atoms with van der Waals surface area (Å²) in [5.41, 5.74) is 8.31. The largest absolute Gasteiger partial charge is 0.480 e. The number of nitrogens with one attached hydrogen (secondary N) is 1. The standard InChI is InChI=1S/C19H27N4O4P/c20-9-4-3-8-19(18(24)25)14-23(11-12-28(19,26)27)13-15-5-1-2-6-16(15)17-7-10-21-22-17/h1-2,5-7,10H,3-4,8-9,11-14,20H2,(H,21,22)(H,24,25)(H,26,27)/t19-/m0/s1. The average Bonchev–Trinajstić information content (AvgIpc) is 3.19. The summed E-state index contributed by atoms with van der Waals surface area (Å²) < 4.78 is 12.9. The van der Waals surface area contributed by atoms with Crippen molar-refractivity contribution in [2.45, 2.75) is 31.0 Å². The normalized spacial score (nSPS) is 25.6. The van der Waals surface area contributed by atoms with Crippen LogP contribution < -0.4 is 5.73 Å². The lowest BCUT2D eigenvalue weighted by molar-refractivity contribution is -0.141. The van der Waals surface area contributed by atoms with E-state index in [-0.39, 0.29) is 19.1 Å². The highest BCUT2D eigenvalue weighted by Gasteiger charge is 2.56. The summed E-state index contributed by atoms with van der Waals surface area (Å²) in [6.07, 6.45) is 3.04. The quantitative estimate of drug-likeness (QED) is 0.390. The predicted octanol–water partition coefficient (Wildman–Crippen LogP) is 2.12. The number of rotatable bonds is 8. The zero-order valence-electron chi connectivity index (χ0n) is 15.8. The Labute approximate surface area is 164 Å². The van der Waals surface area contributed by atoms with Crippen LogP contribution in [0.15, 0.2) is 36.5 Å². The van der Waals surface area contributed by atoms with Crippen molar-refractivity contribution in [1.82, 2.24) is 15.1 Å². The van der Waals surface area contributed by atoms with Crippen LogP contribution in [0.1, 0.15) is 24.8 Å². The van der Waals surface area contributed by atoms with Crippen LogP contribution >= 0.6 is 7.37 Å². The van der Waals surface area contributed by atoms with E-state index < -0.39 is 18.5 Å². The van der Waals surface area contributed by atoms with Gasteiger partial charge in [-0.25, -0.2) is 0 Å². The maximum absolute atomic E-state index is 12.9. The number of carboxylic acid groups (broad SMARTS) is 1. The Balaban J connectivity index is 1.85. The first kappa shape index (κ1) is 20.7. The van der Waals surface area contributed by atoms with Crippen LogP contribution in [0.4, 0.5) is 0 Å². The van der Waals surface area contributed by atoms with Gasteiger partial charge in [-0.3, -0.25) is 19.4 Å². The van der Waals surface area contributed by atoms with E-state index in [9.17, 15) is 19.4 Å². The molecular formula is C19H27N4O4P. The van der Waals surface area contributed by atoms with Gasteiger partial charge >= 0.3 is 5.97 Å². The average molecular weight is 406 g/mol. The minimum absolute atomic E-state index is 0.0213. The molecule has 9 heteroatoms. The van der Waals surface area contributed by atoms with Crippen LogP contribution in [0.5, 0.6) is 0 Å². The molecule has 0 bridgehead atoms. The number of hydrogen-bond acceptors (Lipinski definition) is 5. The van der Waals surface area contributed by atoms with Crippen LogP contribution in [0, 0.1) is 0 Å². The number of nitrogens with zero attached hydrogens (tertiary/aromatic N) is 2. The fraction of sp³-hybridized carbons (Fsp3) is 0.474. The van der Waals surface area contributed by atoms with Crippen molar-refractivity contribution in [3.05, 3.63) is 42.1 Å². The molecule has 1 aliphatic rings. The van der Waals surface area contributed by atoms with Crippen LogP contribution in [0.2, 0.25) is 0 Å². The van der Waals surface area contributed by atoms with Gasteiger partial charge in [0, 0.05) is 37.6 Å². The van der Waals surface area contributed by atoms with Gasteiger partial charge in [-0.1, -0.05) is 30.7 Å². The van der Waals surface area contributed by atoms with Gasteiger partial charge in [0.1, 0.15) is 0 Å². The zero-order valence-corrected chi connectivity index (χ0v) is 16.6. The van der Waals surface area contributed by atoms with Crippen LogP contribution in [-0.4, -0.2) is 62.0 Å². The van der Waals surface area contributed by atoms with E-state index in [0.717, 1.165) is 16.8 Å². The molecule has 1 unspecified atom stereocenters. The monoisotopic (exact) mass is 406 g/mol. The summed E-state index contributed by atoms with van der Waals surface area (Å²) in [6, 6.07) is 9.69. The molecule has 152 valence electrons. The van der Waals surface area contributed by atoms with Gasteiger partial charge in [-0.05, 0) is 31.0 Å². The van der Waals surface area contributed by atoms with Crippen molar-refractivity contribution in [3.63, 3.8) is 0 Å². The van der Waals surface area contributed by atoms with E-state index >= 15 is 0 Å². The summed E-state index contributed by atoms with van der Waals surface area (Å²) in [5.74, 6) is -1.19. The fourth-order valence-corrected chi connectivity index (χ4v) is 6.09. The molecule has 1 saturated heterocycles. The van der Waals surface area contributed by atoms with Crippen LogP contribution in [0.25, 0.3) is 11.3 Å². The predicted molar refractivity (Wildman–Crippen MR) is 107 cm³/mol. The van der Waals surface area contributed by atoms with Gasteiger partial charge in [0.25, 0.3) is 0 Å². The molecule has 3 rings (SSSR count). The zero-order chi connectivity index (χ0) is 20.2. The molecule has 0 spiro atoms. The molecule has 1 aliphatic heterocycles. The smallest absolute Gasteiger partial charge is 0.320 e. The highest BCUT2D eigenvalue weighted by molar-refractivity contribution is 7.61. The molecule has 0 amide bonds. The molecule has 0 radical (unpaired) electrons. The number of hydrogen-bond donors (Lipinski definition) is 4. The molecule has 1 aromatic carbocycles. The van der Waals surface area contributed by atoms with Crippen molar-refractivity contribution in [1.29, 1.82) is 0 Å². The van der Waals surface area contributed by atoms with Crippen molar-refractivity contribution in [2.75, 3.05) is 25.8 Å². The van der Waals surface area contributed by atoms with Gasteiger partial charge in [-0.15, -0.1) is 0 Å². The first-order valence-corrected chi connectivity index (χ1v) is 11.3. The maximum Gasteiger partial charge on any atom is 0.320 e. The highest BCUT2D eigenvalue weighted by atomic mass is 31.2. The molecule has 0 aliphatic carbocycles. The SMILES string of the molecule is NCCCC[C@@]1(C(=O)O)CN(Cc2ccccc2-c2cc[nH]n2)CCP1(=O)O. The number of carboxylic acids is 1. The van der Waals surface area contributed by atoms with E-state index in [1.54, 1.807) is 6.20 Å². The summed E-state index contributed by atoms with van der Waals surface area (Å²) in [4.78, 5) is 24.6. The third-order valence-electron chi connectivity index (χ3n) is 5.50. The number of unbranched alkanes of at least 4 members (excludes halogenated alkanes) is 1. The van der Waals surface area contributed by atoms with Gasteiger partial charge in [0.05, 0.1) is 5.69 Å². The molecule has 0 saturated carbocycles. The number of H-pyrrole nitrogens is 1. The summed E-state index contributed by atoms with van der Waals surface area (Å²) in [7, 11) is -3.83. The number of aromatic amines is 1. The van der Waals surface area contributed by atoms with E-state index in [2.05, 4.69) is 10.2 Å². The third kappa shape index (κ3) is 4.05. The van der Waals surface area contributed by atoms with E-state index in [4.69, 9.17) is 5.73 Å². The molecule has 5 N–H and O–H groups in total. The lowest BCUT2D eigenvalue weighted by atomic mass is 9.98. The van der Waals surface area contributed by atoms with E-state index in [0.29, 0.717) is 32.5 Å². The van der Waals surface area contributed by atoms with Crippen molar-refractivity contribution < 1.29 is 19.4 Å². The summed E-state index contributed by atoms with van der Waals surface area (Å²) in [5, 5.41) is 15.3. The van der Waals surface area contributed by atoms with E-state index in [1.165, 1.54) is 0 Å². The second-order valence-electron chi connectivity index (χ2n) is 7.33. The van der Waals surface area contributed by atoms with Gasteiger partial charge in [0.15, 0.2) is 5.16 Å². The molecular weight excluding hydrogens is 379 g/mol. The molecule has 2 heterocycles. The van der Waals surface area contributed by atoms with Gasteiger partial charge in [-0.2, -0.15) is 5.10 Å². The maximum atomic E-state index is 12.9. The molecule has 1 fully saturated rings. The molecule has 2 atom stereocenters. The number of benzene rings is 1. The Morgan fingerprint density at radius 3 is 2.79 bits per heavy atom. The number of aliphatic carboxylic acids is 1. The first-order chi connectivity index (χ1) is 13.4. The van der Waals surface area contributed by atoms with Crippen LogP contribution in [-0.2, 0) is 15.9 Å². The minimum atomic E-state index is -3.83. The number of aromatic nitrogens is 2. The Morgan fingerprint density at radius 1 is 1.32 bits per heavy atom. The Kier molecular flexibility index (Phi) is 6.35. The Hall–Kier alpha value is -1.99. The molecule has 1 aromatic heterocycles.